The number of hydrogen-bond donors (Lipinski definition) is 2. The van der Waals surface area contributed by atoms with Gasteiger partial charge in [0, 0.05) is 11.5 Å². The Morgan fingerprint density at radius 2 is 1.73 bits per heavy atom. The summed E-state index contributed by atoms with van der Waals surface area (Å²) in [6.07, 6.45) is 1.73. The maximum absolute atomic E-state index is 12.1. The third-order valence-corrected chi connectivity index (χ3v) is 4.48. The number of nitrogens with zero attached hydrogens (tertiary/aromatic N) is 2. The Labute approximate surface area is 156 Å². The van der Waals surface area contributed by atoms with Gasteiger partial charge in [-0.3, -0.25) is 10.2 Å². The van der Waals surface area contributed by atoms with E-state index in [1.54, 1.807) is 6.21 Å². The Morgan fingerprint density at radius 3 is 2.38 bits per heavy atom. The molecule has 2 aromatic carbocycles. The van der Waals surface area contributed by atoms with Crippen LogP contribution >= 0.6 is 11.3 Å². The summed E-state index contributed by atoms with van der Waals surface area (Å²) in [5, 5.41) is 8.53. The van der Waals surface area contributed by atoms with E-state index in [2.05, 4.69) is 20.8 Å². The molecule has 0 aliphatic rings. The summed E-state index contributed by atoms with van der Waals surface area (Å²) < 4.78 is 0. The molecular formula is C20H20N4OS. The van der Waals surface area contributed by atoms with Gasteiger partial charge in [-0.1, -0.05) is 85.8 Å². The van der Waals surface area contributed by atoms with Crippen molar-refractivity contribution in [3.8, 4) is 11.3 Å². The van der Waals surface area contributed by atoms with Crippen molar-refractivity contribution in [1.29, 1.82) is 0 Å². The SMILES string of the molecule is CC(C)C(=O)Nc1sc(N/N=C/c2ccccc2)nc1-c1ccccc1. The molecule has 0 saturated carbocycles. The second-order valence-corrected chi connectivity index (χ2v) is 6.99. The summed E-state index contributed by atoms with van der Waals surface area (Å²) in [5.41, 5.74) is 5.63. The van der Waals surface area contributed by atoms with Gasteiger partial charge in [0.2, 0.25) is 11.0 Å². The number of hydrogen-bond acceptors (Lipinski definition) is 5. The monoisotopic (exact) mass is 364 g/mol. The number of carbonyl (C=O) groups excluding carboxylic acids is 1. The molecule has 0 aliphatic carbocycles. The maximum Gasteiger partial charge on any atom is 0.227 e. The van der Waals surface area contributed by atoms with E-state index in [9.17, 15) is 4.79 Å². The predicted octanol–water partition coefficient (Wildman–Crippen LogP) is 4.85. The molecule has 0 bridgehead atoms. The molecule has 0 spiro atoms. The van der Waals surface area contributed by atoms with Crippen LogP contribution in [0.4, 0.5) is 10.1 Å². The molecule has 3 aromatic rings. The van der Waals surface area contributed by atoms with Crippen LogP contribution in [-0.2, 0) is 4.79 Å². The van der Waals surface area contributed by atoms with E-state index in [4.69, 9.17) is 0 Å². The van der Waals surface area contributed by atoms with Crippen molar-refractivity contribution in [3.63, 3.8) is 0 Å². The number of aromatic nitrogens is 1. The van der Waals surface area contributed by atoms with Gasteiger partial charge >= 0.3 is 0 Å². The fourth-order valence-corrected chi connectivity index (χ4v) is 3.04. The summed E-state index contributed by atoms with van der Waals surface area (Å²) in [5.74, 6) is -0.140. The minimum absolute atomic E-state index is 0.0369. The second kappa shape index (κ2) is 8.40. The van der Waals surface area contributed by atoms with Crippen LogP contribution in [0.25, 0.3) is 11.3 Å². The molecule has 0 saturated heterocycles. The second-order valence-electron chi connectivity index (χ2n) is 5.99. The molecule has 1 amide bonds. The molecule has 0 atom stereocenters. The molecule has 5 nitrogen and oxygen atoms in total. The lowest BCUT2D eigenvalue weighted by Crippen LogP contribution is -2.17. The van der Waals surface area contributed by atoms with E-state index in [1.165, 1.54) is 11.3 Å². The summed E-state index contributed by atoms with van der Waals surface area (Å²) in [4.78, 5) is 16.7. The number of amides is 1. The average Bonchev–Trinajstić information content (AvgIpc) is 3.06. The first kappa shape index (κ1) is 17.8. The van der Waals surface area contributed by atoms with Crippen LogP contribution in [0.5, 0.6) is 0 Å². The third kappa shape index (κ3) is 4.55. The minimum Gasteiger partial charge on any atom is -0.316 e. The van der Waals surface area contributed by atoms with Crippen LogP contribution in [0.2, 0.25) is 0 Å². The van der Waals surface area contributed by atoms with Crippen LogP contribution in [-0.4, -0.2) is 17.1 Å². The lowest BCUT2D eigenvalue weighted by Gasteiger charge is -2.07. The van der Waals surface area contributed by atoms with Gasteiger partial charge < -0.3 is 5.32 Å². The molecule has 0 fully saturated rings. The van der Waals surface area contributed by atoms with Gasteiger partial charge in [-0.2, -0.15) is 5.10 Å². The molecule has 3 rings (SSSR count). The van der Waals surface area contributed by atoms with Crippen molar-refractivity contribution in [2.45, 2.75) is 13.8 Å². The van der Waals surface area contributed by atoms with E-state index >= 15 is 0 Å². The highest BCUT2D eigenvalue weighted by Gasteiger charge is 2.16. The highest BCUT2D eigenvalue weighted by molar-refractivity contribution is 7.20. The third-order valence-electron chi connectivity index (χ3n) is 3.61. The molecule has 1 heterocycles. The Hall–Kier alpha value is -2.99. The van der Waals surface area contributed by atoms with Gasteiger partial charge in [0.15, 0.2) is 0 Å². The molecule has 6 heteroatoms. The van der Waals surface area contributed by atoms with Gasteiger partial charge in [-0.05, 0) is 5.56 Å². The number of nitrogens with one attached hydrogen (secondary N) is 2. The zero-order valence-electron chi connectivity index (χ0n) is 14.6. The van der Waals surface area contributed by atoms with E-state index in [0.717, 1.165) is 16.8 Å². The van der Waals surface area contributed by atoms with E-state index < -0.39 is 0 Å². The molecule has 1 aromatic heterocycles. The minimum atomic E-state index is -0.103. The van der Waals surface area contributed by atoms with Gasteiger partial charge in [0.05, 0.1) is 6.21 Å². The predicted molar refractivity (Wildman–Crippen MR) is 109 cm³/mol. The fraction of sp³-hybridized carbons (Fsp3) is 0.150. The first-order valence-corrected chi connectivity index (χ1v) is 9.16. The summed E-state index contributed by atoms with van der Waals surface area (Å²) in [7, 11) is 0. The Bertz CT molecular complexity index is 889. The fourth-order valence-electron chi connectivity index (χ4n) is 2.20. The number of anilines is 2. The van der Waals surface area contributed by atoms with Crippen molar-refractivity contribution in [2.75, 3.05) is 10.7 Å². The first-order valence-electron chi connectivity index (χ1n) is 8.34. The lowest BCUT2D eigenvalue weighted by molar-refractivity contribution is -0.118. The lowest BCUT2D eigenvalue weighted by atomic mass is 10.1. The van der Waals surface area contributed by atoms with Crippen molar-refractivity contribution < 1.29 is 4.79 Å². The topological polar surface area (TPSA) is 66.4 Å². The largest absolute Gasteiger partial charge is 0.316 e. The molecule has 0 unspecified atom stereocenters. The zero-order valence-corrected chi connectivity index (χ0v) is 15.5. The summed E-state index contributed by atoms with van der Waals surface area (Å²) in [6, 6.07) is 19.6. The van der Waals surface area contributed by atoms with Gasteiger partial charge in [-0.25, -0.2) is 4.98 Å². The van der Waals surface area contributed by atoms with Gasteiger partial charge in [0.25, 0.3) is 0 Å². The number of rotatable bonds is 6. The molecule has 2 N–H and O–H groups in total. The highest BCUT2D eigenvalue weighted by Crippen LogP contribution is 2.36. The molecule has 26 heavy (non-hydrogen) atoms. The van der Waals surface area contributed by atoms with Gasteiger partial charge in [0.1, 0.15) is 10.7 Å². The summed E-state index contributed by atoms with van der Waals surface area (Å²) in [6.45, 7) is 3.73. The van der Waals surface area contributed by atoms with E-state index in [-0.39, 0.29) is 11.8 Å². The van der Waals surface area contributed by atoms with Crippen molar-refractivity contribution in [2.24, 2.45) is 11.0 Å². The zero-order chi connectivity index (χ0) is 18.4. The number of hydrazone groups is 1. The number of carbonyl (C=O) groups is 1. The molecule has 0 aliphatic heterocycles. The molecule has 0 radical (unpaired) electrons. The Balaban J connectivity index is 1.83. The van der Waals surface area contributed by atoms with E-state index in [0.29, 0.717) is 10.1 Å². The van der Waals surface area contributed by atoms with Gasteiger partial charge in [-0.15, -0.1) is 0 Å². The Morgan fingerprint density at radius 1 is 1.08 bits per heavy atom. The average molecular weight is 364 g/mol. The van der Waals surface area contributed by atoms with Crippen LogP contribution in [0.15, 0.2) is 65.8 Å². The maximum atomic E-state index is 12.1. The van der Waals surface area contributed by atoms with Crippen LogP contribution < -0.4 is 10.7 Å². The van der Waals surface area contributed by atoms with E-state index in [1.807, 2.05) is 74.5 Å². The number of benzene rings is 2. The standard InChI is InChI=1S/C20H20N4OS/c1-14(2)18(25)23-19-17(16-11-7-4-8-12-16)22-20(26-19)24-21-13-15-9-5-3-6-10-15/h3-14H,1-2H3,(H,22,24)(H,23,25)/b21-13+. The number of thiazole rings is 1. The van der Waals surface area contributed by atoms with Crippen LogP contribution in [0.1, 0.15) is 19.4 Å². The van der Waals surface area contributed by atoms with Crippen molar-refractivity contribution >= 4 is 33.6 Å². The Kier molecular flexibility index (Phi) is 5.76. The van der Waals surface area contributed by atoms with Crippen molar-refractivity contribution in [1.82, 2.24) is 4.98 Å². The smallest absolute Gasteiger partial charge is 0.227 e. The van der Waals surface area contributed by atoms with Crippen LogP contribution in [0.3, 0.4) is 0 Å². The first-order chi connectivity index (χ1) is 12.6. The normalized spacial score (nSPS) is 11.0. The molecular weight excluding hydrogens is 344 g/mol. The molecule has 132 valence electrons. The summed E-state index contributed by atoms with van der Waals surface area (Å²) >= 11 is 1.37. The van der Waals surface area contributed by atoms with Crippen LogP contribution in [0, 0.1) is 5.92 Å². The van der Waals surface area contributed by atoms with Crippen molar-refractivity contribution in [3.05, 3.63) is 66.2 Å². The highest BCUT2D eigenvalue weighted by atomic mass is 32.1. The quantitative estimate of drug-likeness (QED) is 0.485.